The maximum Gasteiger partial charge on any atom is 0.252 e. The van der Waals surface area contributed by atoms with E-state index in [1.165, 1.54) is 18.6 Å². The van der Waals surface area contributed by atoms with E-state index in [-0.39, 0.29) is 27.8 Å². The minimum atomic E-state index is -3.19. The highest BCUT2D eigenvalue weighted by Crippen LogP contribution is 2.34. The van der Waals surface area contributed by atoms with Gasteiger partial charge in [0.2, 0.25) is 10.0 Å². The molecule has 6 nitrogen and oxygen atoms in total. The highest BCUT2D eigenvalue weighted by Gasteiger charge is 2.40. The van der Waals surface area contributed by atoms with E-state index in [4.69, 9.17) is 11.6 Å². The van der Waals surface area contributed by atoms with Crippen LogP contribution in [0.4, 0.5) is 4.39 Å². The van der Waals surface area contributed by atoms with Gasteiger partial charge in [0, 0.05) is 38.3 Å². The lowest BCUT2D eigenvalue weighted by Crippen LogP contribution is -2.62. The molecule has 1 saturated carbocycles. The van der Waals surface area contributed by atoms with Crippen LogP contribution in [0.25, 0.3) is 0 Å². The first-order chi connectivity index (χ1) is 14.3. The fourth-order valence-corrected chi connectivity index (χ4v) is 6.40. The second-order valence-corrected chi connectivity index (χ2v) is 10.8. The van der Waals surface area contributed by atoms with Crippen molar-refractivity contribution in [3.05, 3.63) is 34.6 Å². The number of nitrogens with zero attached hydrogens (tertiary/aromatic N) is 2. The molecule has 3 rings (SSSR count). The Morgan fingerprint density at radius 2 is 1.83 bits per heavy atom. The van der Waals surface area contributed by atoms with Crippen molar-refractivity contribution in [3.8, 4) is 0 Å². The van der Waals surface area contributed by atoms with Crippen LogP contribution in [0.2, 0.25) is 5.02 Å². The summed E-state index contributed by atoms with van der Waals surface area (Å²) in [7, 11) is -3.19. The van der Waals surface area contributed by atoms with E-state index < -0.39 is 15.8 Å². The lowest BCUT2D eigenvalue weighted by molar-refractivity contribution is 0.0240. The summed E-state index contributed by atoms with van der Waals surface area (Å²) in [6, 6.07) is 3.77. The molecule has 0 bridgehead atoms. The van der Waals surface area contributed by atoms with Crippen LogP contribution in [0.5, 0.6) is 0 Å². The van der Waals surface area contributed by atoms with Crippen LogP contribution in [-0.2, 0) is 10.0 Å². The molecule has 30 heavy (non-hydrogen) atoms. The van der Waals surface area contributed by atoms with Gasteiger partial charge < -0.3 is 5.32 Å². The van der Waals surface area contributed by atoms with E-state index in [2.05, 4.69) is 10.2 Å². The third kappa shape index (κ3) is 5.33. The third-order valence-corrected chi connectivity index (χ3v) is 8.69. The number of carbonyl (C=O) groups is 1. The Bertz CT molecular complexity index is 851. The Balaban J connectivity index is 1.67. The fourth-order valence-electron chi connectivity index (χ4n) is 4.66. The van der Waals surface area contributed by atoms with Crippen molar-refractivity contribution < 1.29 is 17.6 Å². The summed E-state index contributed by atoms with van der Waals surface area (Å²) in [6.07, 6.45) is 5.89. The number of hydrogen-bond acceptors (Lipinski definition) is 4. The number of piperazine rings is 1. The third-order valence-electron chi connectivity index (χ3n) is 6.30. The predicted octanol–water partition coefficient (Wildman–Crippen LogP) is 3.27. The van der Waals surface area contributed by atoms with Gasteiger partial charge in [0.1, 0.15) is 5.82 Å². The van der Waals surface area contributed by atoms with E-state index in [9.17, 15) is 17.6 Å². The first-order valence-corrected chi connectivity index (χ1v) is 12.7. The van der Waals surface area contributed by atoms with Crippen molar-refractivity contribution in [2.24, 2.45) is 0 Å². The Morgan fingerprint density at radius 3 is 2.43 bits per heavy atom. The number of sulfonamides is 1. The molecule has 1 aliphatic carbocycles. The van der Waals surface area contributed by atoms with Crippen molar-refractivity contribution in [2.75, 3.05) is 38.5 Å². The molecule has 0 aromatic heterocycles. The van der Waals surface area contributed by atoms with Gasteiger partial charge in [-0.05, 0) is 37.5 Å². The number of hydrogen-bond donors (Lipinski definition) is 1. The van der Waals surface area contributed by atoms with Gasteiger partial charge in [0.25, 0.3) is 5.91 Å². The number of rotatable bonds is 7. The first-order valence-electron chi connectivity index (χ1n) is 10.7. The maximum absolute atomic E-state index is 13.3. The summed E-state index contributed by atoms with van der Waals surface area (Å²) in [5.74, 6) is -0.600. The topological polar surface area (TPSA) is 69.7 Å². The zero-order valence-corrected chi connectivity index (χ0v) is 19.1. The Labute approximate surface area is 183 Å². The van der Waals surface area contributed by atoms with Crippen LogP contribution in [0.15, 0.2) is 18.2 Å². The number of nitrogens with one attached hydrogen (secondary N) is 1. The van der Waals surface area contributed by atoms with Gasteiger partial charge in [-0.25, -0.2) is 12.8 Å². The molecule has 1 aliphatic heterocycles. The number of carbonyl (C=O) groups excluding carboxylic acids is 1. The average Bonchev–Trinajstić information content (AvgIpc) is 2.73. The molecule has 168 valence electrons. The molecular formula is C21H31ClFN3O3S. The first kappa shape index (κ1) is 23.4. The molecule has 0 radical (unpaired) electrons. The number of amides is 1. The zero-order chi connectivity index (χ0) is 21.8. The molecule has 1 amide bonds. The van der Waals surface area contributed by atoms with E-state index >= 15 is 0 Å². The van der Waals surface area contributed by atoms with Crippen molar-refractivity contribution in [3.63, 3.8) is 0 Å². The van der Waals surface area contributed by atoms with E-state index in [1.807, 2.05) is 6.92 Å². The van der Waals surface area contributed by atoms with E-state index in [0.717, 1.165) is 31.7 Å². The van der Waals surface area contributed by atoms with Gasteiger partial charge in [0.05, 0.1) is 16.3 Å². The summed E-state index contributed by atoms with van der Waals surface area (Å²) < 4.78 is 39.7. The molecule has 1 saturated heterocycles. The Kier molecular flexibility index (Phi) is 7.76. The van der Waals surface area contributed by atoms with E-state index in [1.54, 1.807) is 4.31 Å². The van der Waals surface area contributed by atoms with Gasteiger partial charge in [-0.3, -0.25) is 9.69 Å². The van der Waals surface area contributed by atoms with Crippen LogP contribution in [0.1, 0.15) is 55.8 Å². The van der Waals surface area contributed by atoms with Crippen LogP contribution < -0.4 is 5.32 Å². The number of halogens is 2. The highest BCUT2D eigenvalue weighted by molar-refractivity contribution is 7.89. The molecule has 1 aromatic rings. The summed E-state index contributed by atoms with van der Waals surface area (Å²) >= 11 is 6.04. The molecule has 2 fully saturated rings. The lowest BCUT2D eigenvalue weighted by Gasteiger charge is -2.49. The van der Waals surface area contributed by atoms with Gasteiger partial charge in [-0.2, -0.15) is 4.31 Å². The van der Waals surface area contributed by atoms with Crippen LogP contribution in [0.3, 0.4) is 0 Å². The Morgan fingerprint density at radius 1 is 1.17 bits per heavy atom. The Hall–Kier alpha value is -1.22. The van der Waals surface area contributed by atoms with Gasteiger partial charge in [-0.15, -0.1) is 0 Å². The number of benzene rings is 1. The quantitative estimate of drug-likeness (QED) is 0.679. The zero-order valence-electron chi connectivity index (χ0n) is 17.5. The molecule has 9 heteroatoms. The van der Waals surface area contributed by atoms with Crippen LogP contribution >= 0.6 is 11.6 Å². The molecule has 2 aliphatic rings. The highest BCUT2D eigenvalue weighted by atomic mass is 35.5. The molecule has 1 heterocycles. The molecule has 1 aromatic carbocycles. The molecule has 0 atom stereocenters. The molecular weight excluding hydrogens is 429 g/mol. The lowest BCUT2D eigenvalue weighted by atomic mass is 9.79. The van der Waals surface area contributed by atoms with Gasteiger partial charge >= 0.3 is 0 Å². The summed E-state index contributed by atoms with van der Waals surface area (Å²) in [6.45, 7) is 4.65. The van der Waals surface area contributed by atoms with Crippen LogP contribution in [0, 0.1) is 5.82 Å². The second-order valence-electron chi connectivity index (χ2n) is 8.29. The fraction of sp³-hybridized carbons (Fsp3) is 0.667. The van der Waals surface area contributed by atoms with Crippen molar-refractivity contribution >= 4 is 27.5 Å². The van der Waals surface area contributed by atoms with Crippen molar-refractivity contribution in [1.82, 2.24) is 14.5 Å². The SMILES string of the molecule is CCCS(=O)(=O)N1CCN(C2(CNC(=O)c3ccc(F)cc3Cl)CCCCC2)CC1. The minimum Gasteiger partial charge on any atom is -0.350 e. The van der Waals surface area contributed by atoms with Gasteiger partial charge in [0.15, 0.2) is 0 Å². The standard InChI is InChI=1S/C21H31ClFN3O3S/c1-2-14-30(28,29)26-12-10-25(11-13-26)21(8-4-3-5-9-21)16-24-20(27)18-7-6-17(23)15-19(18)22/h6-7,15H,2-5,8-14,16H2,1H3,(H,24,27). The molecule has 0 spiro atoms. The largest absolute Gasteiger partial charge is 0.350 e. The normalized spacial score (nSPS) is 20.8. The molecule has 1 N–H and O–H groups in total. The summed E-state index contributed by atoms with van der Waals surface area (Å²) in [5, 5.41) is 3.11. The van der Waals surface area contributed by atoms with Crippen molar-refractivity contribution in [1.29, 1.82) is 0 Å². The molecule has 0 unspecified atom stereocenters. The second kappa shape index (κ2) is 9.94. The summed E-state index contributed by atoms with van der Waals surface area (Å²) in [4.78, 5) is 15.0. The van der Waals surface area contributed by atoms with Crippen molar-refractivity contribution in [2.45, 2.75) is 51.0 Å². The van der Waals surface area contributed by atoms with E-state index in [0.29, 0.717) is 39.1 Å². The average molecular weight is 460 g/mol. The smallest absolute Gasteiger partial charge is 0.252 e. The predicted molar refractivity (Wildman–Crippen MR) is 117 cm³/mol. The monoisotopic (exact) mass is 459 g/mol. The maximum atomic E-state index is 13.3. The summed E-state index contributed by atoms with van der Waals surface area (Å²) in [5.41, 5.74) is 0.0839. The van der Waals surface area contributed by atoms with Gasteiger partial charge in [-0.1, -0.05) is 37.8 Å². The minimum absolute atomic E-state index is 0.0972. The van der Waals surface area contributed by atoms with Crippen LogP contribution in [-0.4, -0.2) is 67.5 Å².